The maximum absolute atomic E-state index is 12.0. The lowest BCUT2D eigenvalue weighted by Gasteiger charge is -2.07. The van der Waals surface area contributed by atoms with Gasteiger partial charge in [0.15, 0.2) is 0 Å². The number of amides is 1. The van der Waals surface area contributed by atoms with Crippen LogP contribution in [0.25, 0.3) is 0 Å². The molecule has 2 rings (SSSR count). The van der Waals surface area contributed by atoms with Gasteiger partial charge in [-0.2, -0.15) is 0 Å². The van der Waals surface area contributed by atoms with Gasteiger partial charge in [0, 0.05) is 17.4 Å². The van der Waals surface area contributed by atoms with E-state index in [9.17, 15) is 13.2 Å². The molecule has 0 aliphatic rings. The van der Waals surface area contributed by atoms with E-state index in [-0.39, 0.29) is 11.7 Å². The fraction of sp³-hybridized carbons (Fsp3) is 0.278. The molecule has 0 saturated heterocycles. The molecule has 1 amide bonds. The number of hydrogen-bond acceptors (Lipinski definition) is 3. The highest BCUT2D eigenvalue weighted by Crippen LogP contribution is 2.13. The second-order valence-corrected chi connectivity index (χ2v) is 8.53. The predicted molar refractivity (Wildman–Crippen MR) is 102 cm³/mol. The standard InChI is InChI=1S/C18H21BrN2O3S/c1-20-25(23,24)13-16-7-5-15(6-8-16)12-21-18(22)10-9-14-3-2-4-17(19)11-14/h2-8,11,20H,9-10,12-13H2,1H3,(H,21,22). The van der Waals surface area contributed by atoms with Crippen LogP contribution in [0, 0.1) is 0 Å². The van der Waals surface area contributed by atoms with Gasteiger partial charge in [-0.25, -0.2) is 13.1 Å². The van der Waals surface area contributed by atoms with Gasteiger partial charge < -0.3 is 5.32 Å². The van der Waals surface area contributed by atoms with Crippen LogP contribution < -0.4 is 10.0 Å². The summed E-state index contributed by atoms with van der Waals surface area (Å²) in [6.45, 7) is 0.427. The quantitative estimate of drug-likeness (QED) is 0.683. The zero-order valence-electron chi connectivity index (χ0n) is 14.0. The van der Waals surface area contributed by atoms with E-state index in [1.807, 2.05) is 36.4 Å². The molecule has 0 bridgehead atoms. The third-order valence-electron chi connectivity index (χ3n) is 3.71. The molecule has 0 heterocycles. The maximum atomic E-state index is 12.0. The number of aryl methyl sites for hydroxylation is 1. The summed E-state index contributed by atoms with van der Waals surface area (Å²) in [5.41, 5.74) is 2.75. The van der Waals surface area contributed by atoms with E-state index in [2.05, 4.69) is 26.0 Å². The third kappa shape index (κ3) is 6.97. The minimum atomic E-state index is -3.27. The molecule has 0 radical (unpaired) electrons. The summed E-state index contributed by atoms with van der Waals surface area (Å²) < 4.78 is 26.3. The zero-order valence-corrected chi connectivity index (χ0v) is 16.4. The molecule has 0 saturated carbocycles. The molecule has 2 aromatic carbocycles. The second-order valence-electron chi connectivity index (χ2n) is 5.69. The van der Waals surface area contributed by atoms with Gasteiger partial charge in [0.1, 0.15) is 0 Å². The smallest absolute Gasteiger partial charge is 0.220 e. The van der Waals surface area contributed by atoms with Crippen LogP contribution in [0.1, 0.15) is 23.1 Å². The largest absolute Gasteiger partial charge is 0.352 e. The minimum Gasteiger partial charge on any atom is -0.352 e. The van der Waals surface area contributed by atoms with E-state index in [4.69, 9.17) is 0 Å². The van der Waals surface area contributed by atoms with E-state index in [1.165, 1.54) is 7.05 Å². The van der Waals surface area contributed by atoms with Gasteiger partial charge in [-0.3, -0.25) is 4.79 Å². The molecule has 0 atom stereocenters. The van der Waals surface area contributed by atoms with Crippen molar-refractivity contribution in [1.29, 1.82) is 0 Å². The maximum Gasteiger partial charge on any atom is 0.220 e. The summed E-state index contributed by atoms with van der Waals surface area (Å²) >= 11 is 3.42. The molecule has 2 aromatic rings. The van der Waals surface area contributed by atoms with Crippen molar-refractivity contribution in [1.82, 2.24) is 10.0 Å². The molecular formula is C18H21BrN2O3S. The van der Waals surface area contributed by atoms with Gasteiger partial charge in [-0.15, -0.1) is 0 Å². The number of rotatable bonds is 8. The first-order valence-corrected chi connectivity index (χ1v) is 10.3. The van der Waals surface area contributed by atoms with Crippen molar-refractivity contribution < 1.29 is 13.2 Å². The average molecular weight is 425 g/mol. The Kier molecular flexibility index (Phi) is 7.16. The molecule has 0 unspecified atom stereocenters. The fourth-order valence-electron chi connectivity index (χ4n) is 2.28. The average Bonchev–Trinajstić information content (AvgIpc) is 2.59. The number of hydrogen-bond donors (Lipinski definition) is 2. The third-order valence-corrected chi connectivity index (χ3v) is 5.54. The summed E-state index contributed by atoms with van der Waals surface area (Å²) in [6.07, 6.45) is 1.11. The Labute approximate surface area is 157 Å². The number of nitrogens with one attached hydrogen (secondary N) is 2. The summed E-state index contributed by atoms with van der Waals surface area (Å²) in [4.78, 5) is 12.0. The van der Waals surface area contributed by atoms with Gasteiger partial charge in [0.05, 0.1) is 5.75 Å². The molecule has 0 aliphatic carbocycles. The molecule has 0 aromatic heterocycles. The van der Waals surface area contributed by atoms with E-state index < -0.39 is 10.0 Å². The highest BCUT2D eigenvalue weighted by Gasteiger charge is 2.08. The van der Waals surface area contributed by atoms with Crippen molar-refractivity contribution in [3.63, 3.8) is 0 Å². The predicted octanol–water partition coefficient (Wildman–Crippen LogP) is 2.75. The summed E-state index contributed by atoms with van der Waals surface area (Å²) in [7, 11) is -1.87. The summed E-state index contributed by atoms with van der Waals surface area (Å²) in [5.74, 6) is -0.0650. The number of carbonyl (C=O) groups is 1. The van der Waals surface area contributed by atoms with Crippen molar-refractivity contribution in [2.24, 2.45) is 0 Å². The fourth-order valence-corrected chi connectivity index (χ4v) is 3.51. The number of carbonyl (C=O) groups excluding carboxylic acids is 1. The highest BCUT2D eigenvalue weighted by molar-refractivity contribution is 9.10. The normalized spacial score (nSPS) is 11.3. The Balaban J connectivity index is 1.79. The first kappa shape index (κ1) is 19.6. The van der Waals surface area contributed by atoms with Gasteiger partial charge in [0.2, 0.25) is 15.9 Å². The molecule has 7 heteroatoms. The molecular weight excluding hydrogens is 404 g/mol. The lowest BCUT2D eigenvalue weighted by atomic mass is 10.1. The molecule has 2 N–H and O–H groups in total. The number of halogens is 1. The van der Waals surface area contributed by atoms with Crippen LogP contribution in [0.4, 0.5) is 0 Å². The minimum absolute atomic E-state index is 0.0122. The van der Waals surface area contributed by atoms with Gasteiger partial charge >= 0.3 is 0 Å². The van der Waals surface area contributed by atoms with Crippen LogP contribution >= 0.6 is 15.9 Å². The van der Waals surface area contributed by atoms with E-state index in [1.54, 1.807) is 12.1 Å². The lowest BCUT2D eigenvalue weighted by molar-refractivity contribution is -0.121. The van der Waals surface area contributed by atoms with Crippen molar-refractivity contribution in [3.8, 4) is 0 Å². The summed E-state index contributed by atoms with van der Waals surface area (Å²) in [6, 6.07) is 15.1. The van der Waals surface area contributed by atoms with Crippen molar-refractivity contribution in [3.05, 3.63) is 69.7 Å². The molecule has 134 valence electrons. The van der Waals surface area contributed by atoms with E-state index in [0.29, 0.717) is 24.9 Å². The van der Waals surface area contributed by atoms with Crippen LogP contribution in [-0.4, -0.2) is 21.4 Å². The van der Waals surface area contributed by atoms with Gasteiger partial charge in [-0.05, 0) is 42.3 Å². The van der Waals surface area contributed by atoms with E-state index >= 15 is 0 Å². The first-order chi connectivity index (χ1) is 11.9. The Bertz CT molecular complexity index is 820. The Morgan fingerprint density at radius 1 is 1.04 bits per heavy atom. The van der Waals surface area contributed by atoms with E-state index in [0.717, 1.165) is 15.6 Å². The first-order valence-electron chi connectivity index (χ1n) is 7.88. The Hall–Kier alpha value is -1.70. The van der Waals surface area contributed by atoms with Gasteiger partial charge in [-0.1, -0.05) is 52.3 Å². The Morgan fingerprint density at radius 2 is 1.72 bits per heavy atom. The lowest BCUT2D eigenvalue weighted by Crippen LogP contribution is -2.23. The molecule has 25 heavy (non-hydrogen) atoms. The van der Waals surface area contributed by atoms with Crippen molar-refractivity contribution in [2.75, 3.05) is 7.05 Å². The van der Waals surface area contributed by atoms with Crippen LogP contribution in [0.5, 0.6) is 0 Å². The van der Waals surface area contributed by atoms with Crippen molar-refractivity contribution >= 4 is 31.9 Å². The van der Waals surface area contributed by atoms with Crippen LogP contribution in [0.2, 0.25) is 0 Å². The van der Waals surface area contributed by atoms with Crippen LogP contribution in [0.15, 0.2) is 53.0 Å². The van der Waals surface area contributed by atoms with Gasteiger partial charge in [0.25, 0.3) is 0 Å². The monoisotopic (exact) mass is 424 g/mol. The Morgan fingerprint density at radius 3 is 2.36 bits per heavy atom. The topological polar surface area (TPSA) is 75.3 Å². The van der Waals surface area contributed by atoms with Crippen molar-refractivity contribution in [2.45, 2.75) is 25.1 Å². The number of sulfonamides is 1. The summed E-state index contributed by atoms with van der Waals surface area (Å²) in [5, 5.41) is 2.88. The molecule has 0 spiro atoms. The molecule has 0 fully saturated rings. The molecule has 5 nitrogen and oxygen atoms in total. The molecule has 0 aliphatic heterocycles. The highest BCUT2D eigenvalue weighted by atomic mass is 79.9. The second kappa shape index (κ2) is 9.12. The zero-order chi connectivity index (χ0) is 18.3. The van der Waals surface area contributed by atoms with Crippen LogP contribution in [-0.2, 0) is 33.5 Å². The van der Waals surface area contributed by atoms with Crippen LogP contribution in [0.3, 0.4) is 0 Å². The number of benzene rings is 2. The SMILES string of the molecule is CNS(=O)(=O)Cc1ccc(CNC(=O)CCc2cccc(Br)c2)cc1.